The number of nitrogens with zero attached hydrogens (tertiary/aromatic N) is 1. The Kier molecular flexibility index (Phi) is 5.86. The molecule has 0 aliphatic rings. The Bertz CT molecular complexity index is 779. The van der Waals surface area contributed by atoms with Crippen LogP contribution in [0.1, 0.15) is 15.9 Å². The molecule has 0 aliphatic heterocycles. The molecule has 0 atom stereocenters. The van der Waals surface area contributed by atoms with Crippen molar-refractivity contribution in [2.75, 3.05) is 6.61 Å². The van der Waals surface area contributed by atoms with E-state index in [1.807, 2.05) is 0 Å². The molecule has 2 aromatic carbocycles. The van der Waals surface area contributed by atoms with Gasteiger partial charge in [-0.15, -0.1) is 0 Å². The summed E-state index contributed by atoms with van der Waals surface area (Å²) in [4.78, 5) is 32.8. The van der Waals surface area contributed by atoms with Crippen LogP contribution >= 0.6 is 11.6 Å². The summed E-state index contributed by atoms with van der Waals surface area (Å²) in [7, 11) is 0. The quantitative estimate of drug-likeness (QED) is 0.471. The molecule has 2 aromatic rings. The number of amides is 1. The second-order valence-electron chi connectivity index (χ2n) is 4.75. The van der Waals surface area contributed by atoms with Crippen molar-refractivity contribution >= 4 is 29.5 Å². The third-order valence-corrected chi connectivity index (χ3v) is 3.49. The maximum absolute atomic E-state index is 11.8. The Morgan fingerprint density at radius 1 is 1.29 bits per heavy atom. The van der Waals surface area contributed by atoms with Gasteiger partial charge in [-0.25, -0.2) is 0 Å². The summed E-state index contributed by atoms with van der Waals surface area (Å²) in [6.07, 6.45) is 0.435. The zero-order valence-electron chi connectivity index (χ0n) is 12.4. The average Bonchev–Trinajstić information content (AvgIpc) is 2.58. The maximum Gasteiger partial charge on any atom is 0.270 e. The number of nitro benzene ring substituents is 1. The molecule has 8 heteroatoms. The van der Waals surface area contributed by atoms with Crippen molar-refractivity contribution in [2.45, 2.75) is 6.54 Å². The Labute approximate surface area is 142 Å². The SMILES string of the molecule is O=Cc1cc([N+](=O)[O-])ccc1OCC(=O)NCc1ccccc1Cl. The molecule has 0 bridgehead atoms. The monoisotopic (exact) mass is 348 g/mol. The lowest BCUT2D eigenvalue weighted by molar-refractivity contribution is -0.384. The van der Waals surface area contributed by atoms with Gasteiger partial charge in [0.15, 0.2) is 12.9 Å². The number of carbonyl (C=O) groups excluding carboxylic acids is 2. The lowest BCUT2D eigenvalue weighted by Crippen LogP contribution is -2.28. The highest BCUT2D eigenvalue weighted by atomic mass is 35.5. The van der Waals surface area contributed by atoms with Gasteiger partial charge in [0.25, 0.3) is 11.6 Å². The van der Waals surface area contributed by atoms with Gasteiger partial charge in [-0.3, -0.25) is 19.7 Å². The molecule has 2 rings (SSSR count). The summed E-state index contributed by atoms with van der Waals surface area (Å²) < 4.78 is 5.24. The van der Waals surface area contributed by atoms with E-state index in [9.17, 15) is 19.7 Å². The van der Waals surface area contributed by atoms with E-state index in [2.05, 4.69) is 5.32 Å². The lowest BCUT2D eigenvalue weighted by Gasteiger charge is -2.09. The molecule has 0 saturated carbocycles. The highest BCUT2D eigenvalue weighted by Gasteiger charge is 2.12. The molecule has 124 valence electrons. The first-order valence-corrected chi connectivity index (χ1v) is 7.25. The van der Waals surface area contributed by atoms with Crippen LogP contribution in [0.2, 0.25) is 5.02 Å². The van der Waals surface area contributed by atoms with Crippen molar-refractivity contribution < 1.29 is 19.2 Å². The van der Waals surface area contributed by atoms with E-state index in [4.69, 9.17) is 16.3 Å². The minimum absolute atomic E-state index is 0.00287. The third-order valence-electron chi connectivity index (χ3n) is 3.12. The van der Waals surface area contributed by atoms with Crippen LogP contribution in [0.4, 0.5) is 5.69 Å². The van der Waals surface area contributed by atoms with E-state index < -0.39 is 10.8 Å². The van der Waals surface area contributed by atoms with Crippen LogP contribution in [0, 0.1) is 10.1 Å². The van der Waals surface area contributed by atoms with Gasteiger partial charge in [0.1, 0.15) is 5.75 Å². The van der Waals surface area contributed by atoms with Crippen molar-refractivity contribution in [2.24, 2.45) is 0 Å². The fraction of sp³-hybridized carbons (Fsp3) is 0.125. The molecule has 0 unspecified atom stereocenters. The molecule has 0 saturated heterocycles. The topological polar surface area (TPSA) is 98.5 Å². The zero-order valence-corrected chi connectivity index (χ0v) is 13.2. The van der Waals surface area contributed by atoms with E-state index in [-0.39, 0.29) is 30.2 Å². The largest absolute Gasteiger partial charge is 0.483 e. The second-order valence-corrected chi connectivity index (χ2v) is 5.16. The maximum atomic E-state index is 11.8. The number of aldehydes is 1. The van der Waals surface area contributed by atoms with Gasteiger partial charge in [-0.2, -0.15) is 0 Å². The van der Waals surface area contributed by atoms with E-state index in [0.717, 1.165) is 11.6 Å². The van der Waals surface area contributed by atoms with Gasteiger partial charge in [-0.1, -0.05) is 29.8 Å². The molecule has 1 N–H and O–H groups in total. The number of hydrogen-bond acceptors (Lipinski definition) is 5. The van der Waals surface area contributed by atoms with Crippen LogP contribution in [0.15, 0.2) is 42.5 Å². The predicted octanol–water partition coefficient (Wildman–Crippen LogP) is 2.76. The van der Waals surface area contributed by atoms with E-state index in [1.165, 1.54) is 12.1 Å². The minimum atomic E-state index is -0.618. The predicted molar refractivity (Wildman–Crippen MR) is 87.3 cm³/mol. The smallest absolute Gasteiger partial charge is 0.270 e. The number of carbonyl (C=O) groups is 2. The first-order chi connectivity index (χ1) is 11.5. The molecule has 0 aromatic heterocycles. The summed E-state index contributed by atoms with van der Waals surface area (Å²) in [5.74, 6) is -0.311. The van der Waals surface area contributed by atoms with Gasteiger partial charge >= 0.3 is 0 Å². The van der Waals surface area contributed by atoms with Crippen LogP contribution in [0.5, 0.6) is 5.75 Å². The van der Waals surface area contributed by atoms with Crippen molar-refractivity contribution in [3.05, 3.63) is 68.7 Å². The summed E-state index contributed by atoms with van der Waals surface area (Å²) in [6, 6.07) is 10.7. The first-order valence-electron chi connectivity index (χ1n) is 6.88. The molecule has 0 heterocycles. The number of nitro groups is 1. The average molecular weight is 349 g/mol. The first kappa shape index (κ1) is 17.4. The summed E-state index contributed by atoms with van der Waals surface area (Å²) >= 11 is 5.98. The summed E-state index contributed by atoms with van der Waals surface area (Å²) in [5, 5.41) is 13.8. The molecule has 7 nitrogen and oxygen atoms in total. The van der Waals surface area contributed by atoms with E-state index >= 15 is 0 Å². The summed E-state index contributed by atoms with van der Waals surface area (Å²) in [5.41, 5.74) is 0.534. The lowest BCUT2D eigenvalue weighted by atomic mass is 10.2. The highest BCUT2D eigenvalue weighted by molar-refractivity contribution is 6.31. The van der Waals surface area contributed by atoms with Crippen LogP contribution in [-0.4, -0.2) is 23.7 Å². The molecular weight excluding hydrogens is 336 g/mol. The number of hydrogen-bond donors (Lipinski definition) is 1. The third kappa shape index (κ3) is 4.53. The van der Waals surface area contributed by atoms with Gasteiger partial charge in [0.2, 0.25) is 0 Å². The molecular formula is C16H13ClN2O5. The molecule has 24 heavy (non-hydrogen) atoms. The number of benzene rings is 2. The second kappa shape index (κ2) is 8.07. The molecule has 1 amide bonds. The Morgan fingerprint density at radius 2 is 2.04 bits per heavy atom. The fourth-order valence-electron chi connectivity index (χ4n) is 1.90. The van der Waals surface area contributed by atoms with Crippen LogP contribution in [0.3, 0.4) is 0 Å². The van der Waals surface area contributed by atoms with Gasteiger partial charge < -0.3 is 10.1 Å². The van der Waals surface area contributed by atoms with Gasteiger partial charge in [0.05, 0.1) is 10.5 Å². The molecule has 0 spiro atoms. The van der Waals surface area contributed by atoms with Crippen molar-refractivity contribution in [3.63, 3.8) is 0 Å². The minimum Gasteiger partial charge on any atom is -0.483 e. The van der Waals surface area contributed by atoms with Gasteiger partial charge in [-0.05, 0) is 17.7 Å². The number of non-ortho nitro benzene ring substituents is 1. The van der Waals surface area contributed by atoms with Crippen LogP contribution in [0.25, 0.3) is 0 Å². The van der Waals surface area contributed by atoms with Crippen molar-refractivity contribution in [1.82, 2.24) is 5.32 Å². The normalized spacial score (nSPS) is 10.0. The standard InChI is InChI=1S/C16H13ClN2O5/c17-14-4-2-1-3-11(14)8-18-16(21)10-24-15-6-5-13(19(22)23)7-12(15)9-20/h1-7,9H,8,10H2,(H,18,21). The number of nitrogens with one attached hydrogen (secondary N) is 1. The van der Waals surface area contributed by atoms with Crippen LogP contribution < -0.4 is 10.1 Å². The van der Waals surface area contributed by atoms with Crippen molar-refractivity contribution in [3.8, 4) is 5.75 Å². The van der Waals surface area contributed by atoms with Gasteiger partial charge in [0, 0.05) is 23.7 Å². The Hall–Kier alpha value is -2.93. The zero-order chi connectivity index (χ0) is 17.5. The highest BCUT2D eigenvalue weighted by Crippen LogP contribution is 2.22. The Morgan fingerprint density at radius 3 is 2.71 bits per heavy atom. The van der Waals surface area contributed by atoms with Crippen molar-refractivity contribution in [1.29, 1.82) is 0 Å². The molecule has 0 radical (unpaired) electrons. The fourth-order valence-corrected chi connectivity index (χ4v) is 2.11. The Balaban J connectivity index is 1.93. The van der Waals surface area contributed by atoms with Crippen LogP contribution in [-0.2, 0) is 11.3 Å². The molecule has 0 fully saturated rings. The van der Waals surface area contributed by atoms with E-state index in [1.54, 1.807) is 24.3 Å². The summed E-state index contributed by atoms with van der Waals surface area (Å²) in [6.45, 7) is -0.0915. The number of halogens is 1. The van der Waals surface area contributed by atoms with E-state index in [0.29, 0.717) is 11.3 Å². The number of ether oxygens (including phenoxy) is 1. The number of rotatable bonds is 7. The molecule has 0 aliphatic carbocycles.